The Bertz CT molecular complexity index is 163. The fourth-order valence-electron chi connectivity index (χ4n) is 0.395. The molecule has 0 spiro atoms. The summed E-state index contributed by atoms with van der Waals surface area (Å²) in [6.07, 6.45) is 3.74. The van der Waals surface area contributed by atoms with Gasteiger partial charge in [0, 0.05) is 19.5 Å². The van der Waals surface area contributed by atoms with E-state index in [4.69, 9.17) is 0 Å². The largest absolute Gasteiger partial charge is 0.341 e. The number of hydrogen-bond donors (Lipinski definition) is 0. The standard InChI is InChI=1S/C5H4OP.Rh/c6-5-7-3-1-2-4-7;/h1-4H;/q+1;. The van der Waals surface area contributed by atoms with Crippen molar-refractivity contribution in [1.29, 1.82) is 0 Å². The summed E-state index contributed by atoms with van der Waals surface area (Å²) in [5.41, 5.74) is 1.91. The molecule has 43 valence electrons. The molecular formula is C5H4OPRh+. The second-order valence-electron chi connectivity index (χ2n) is 1.18. The summed E-state index contributed by atoms with van der Waals surface area (Å²) in [6, 6.07) is 0. The van der Waals surface area contributed by atoms with E-state index >= 15 is 0 Å². The minimum atomic E-state index is -0.610. The van der Waals surface area contributed by atoms with E-state index in [0.29, 0.717) is 0 Å². The van der Waals surface area contributed by atoms with Crippen LogP contribution in [-0.2, 0) is 24.3 Å². The Kier molecular flexibility index (Phi) is 3.91. The third kappa shape index (κ3) is 1.84. The molecule has 0 N–H and O–H groups in total. The third-order valence-corrected chi connectivity index (χ3v) is 1.91. The van der Waals surface area contributed by atoms with Crippen molar-refractivity contribution in [1.82, 2.24) is 0 Å². The maximum absolute atomic E-state index is 9.81. The molecule has 0 aromatic rings. The zero-order chi connectivity index (χ0) is 5.11. The second kappa shape index (κ2) is 3.92. The SMILES string of the molecule is O=C=[P+]1C=CC=C1.[Rh]. The van der Waals surface area contributed by atoms with Crippen LogP contribution in [0.3, 0.4) is 0 Å². The van der Waals surface area contributed by atoms with Gasteiger partial charge in [-0.2, -0.15) is 4.79 Å². The number of rotatable bonds is 0. The molecule has 0 bridgehead atoms. The summed E-state index contributed by atoms with van der Waals surface area (Å²) in [6.45, 7) is 0. The van der Waals surface area contributed by atoms with Crippen LogP contribution in [0.4, 0.5) is 0 Å². The summed E-state index contributed by atoms with van der Waals surface area (Å²) in [5, 5.41) is 0. The van der Waals surface area contributed by atoms with Gasteiger partial charge in [0.25, 0.3) is 0 Å². The Hall–Kier alpha value is -0.0166. The average Bonchev–Trinajstić information content (AvgIpc) is 2.14. The van der Waals surface area contributed by atoms with Crippen molar-refractivity contribution in [3.63, 3.8) is 0 Å². The molecule has 0 fully saturated rings. The van der Waals surface area contributed by atoms with Gasteiger partial charge < -0.3 is 0 Å². The fraction of sp³-hybridized carbons (Fsp3) is 0. The molecule has 1 rings (SSSR count). The quantitative estimate of drug-likeness (QED) is 0.441. The van der Waals surface area contributed by atoms with Crippen LogP contribution in [0.5, 0.6) is 0 Å². The van der Waals surface area contributed by atoms with Crippen molar-refractivity contribution in [2.45, 2.75) is 0 Å². The van der Waals surface area contributed by atoms with Gasteiger partial charge in [-0.05, 0) is 12.2 Å². The van der Waals surface area contributed by atoms with E-state index in [1.165, 1.54) is 0 Å². The first-order valence-corrected chi connectivity index (χ1v) is 3.42. The maximum atomic E-state index is 9.81. The van der Waals surface area contributed by atoms with Crippen LogP contribution in [-0.4, -0.2) is 5.66 Å². The van der Waals surface area contributed by atoms with Crippen molar-refractivity contribution in [3.05, 3.63) is 23.8 Å². The molecule has 1 heterocycles. The van der Waals surface area contributed by atoms with Gasteiger partial charge >= 0.3 is 5.66 Å². The number of allylic oxidation sites excluding steroid dienone is 2. The van der Waals surface area contributed by atoms with Gasteiger partial charge in [-0.1, -0.05) is 0 Å². The summed E-state index contributed by atoms with van der Waals surface area (Å²) in [5.74, 6) is 3.73. The first-order chi connectivity index (χ1) is 3.43. The monoisotopic (exact) mass is 214 g/mol. The van der Waals surface area contributed by atoms with Crippen molar-refractivity contribution < 1.29 is 24.3 Å². The first kappa shape index (κ1) is 7.98. The smallest absolute Gasteiger partial charge is 0.183 e. The Morgan fingerprint density at radius 3 is 2.00 bits per heavy atom. The Morgan fingerprint density at radius 1 is 1.25 bits per heavy atom. The second-order valence-corrected chi connectivity index (χ2v) is 2.77. The van der Waals surface area contributed by atoms with Crippen LogP contribution in [0, 0.1) is 0 Å². The summed E-state index contributed by atoms with van der Waals surface area (Å²) < 4.78 is 0. The third-order valence-electron chi connectivity index (χ3n) is 0.710. The molecule has 1 nitrogen and oxygen atoms in total. The van der Waals surface area contributed by atoms with E-state index in [0.717, 1.165) is 0 Å². The molecule has 3 heteroatoms. The molecule has 0 saturated carbocycles. The maximum Gasteiger partial charge on any atom is 0.341 e. The molecule has 0 unspecified atom stereocenters. The molecular weight excluding hydrogens is 210 g/mol. The molecule has 0 atom stereocenters. The van der Waals surface area contributed by atoms with Crippen molar-refractivity contribution in [2.75, 3.05) is 0 Å². The number of carbonyl (C=O) groups excluding carboxylic acids is 1. The van der Waals surface area contributed by atoms with E-state index in [-0.39, 0.29) is 19.5 Å². The molecule has 0 amide bonds. The van der Waals surface area contributed by atoms with E-state index in [9.17, 15) is 4.79 Å². The summed E-state index contributed by atoms with van der Waals surface area (Å²) >= 11 is 0. The Balaban J connectivity index is 0.000000490. The summed E-state index contributed by atoms with van der Waals surface area (Å²) in [4.78, 5) is 9.81. The van der Waals surface area contributed by atoms with Gasteiger partial charge in [0.05, 0.1) is 0 Å². The first-order valence-electron chi connectivity index (χ1n) is 1.94. The molecule has 0 aliphatic carbocycles. The molecule has 1 radical (unpaired) electrons. The molecule has 0 aromatic heterocycles. The molecule has 1 aliphatic rings. The van der Waals surface area contributed by atoms with E-state index < -0.39 is 7.55 Å². The van der Waals surface area contributed by atoms with Gasteiger partial charge in [-0.3, -0.25) is 0 Å². The van der Waals surface area contributed by atoms with Gasteiger partial charge in [0.15, 0.2) is 0 Å². The van der Waals surface area contributed by atoms with E-state index in [1.807, 2.05) is 29.4 Å². The van der Waals surface area contributed by atoms with Gasteiger partial charge in [0.1, 0.15) is 11.6 Å². The number of hydrogen-bond acceptors (Lipinski definition) is 1. The Morgan fingerprint density at radius 2 is 1.75 bits per heavy atom. The zero-order valence-electron chi connectivity index (χ0n) is 4.00. The molecule has 0 aromatic carbocycles. The minimum Gasteiger partial charge on any atom is -0.183 e. The van der Waals surface area contributed by atoms with Crippen LogP contribution in [0.2, 0.25) is 0 Å². The predicted molar refractivity (Wildman–Crippen MR) is 30.9 cm³/mol. The fourth-order valence-corrected chi connectivity index (χ4v) is 1.19. The zero-order valence-corrected chi connectivity index (χ0v) is 6.53. The molecule has 1 aliphatic heterocycles. The van der Waals surface area contributed by atoms with Crippen molar-refractivity contribution in [2.24, 2.45) is 0 Å². The topological polar surface area (TPSA) is 17.1 Å². The van der Waals surface area contributed by atoms with Crippen LogP contribution >= 0.6 is 7.55 Å². The van der Waals surface area contributed by atoms with Gasteiger partial charge in [-0.25, -0.2) is 0 Å². The van der Waals surface area contributed by atoms with Gasteiger partial charge in [0.2, 0.25) is 7.55 Å². The average molecular weight is 214 g/mol. The van der Waals surface area contributed by atoms with Gasteiger partial charge in [-0.15, -0.1) is 0 Å². The van der Waals surface area contributed by atoms with E-state index in [1.54, 1.807) is 0 Å². The normalized spacial score (nSPS) is 13.2. The molecule has 8 heavy (non-hydrogen) atoms. The van der Waals surface area contributed by atoms with Crippen LogP contribution in [0.1, 0.15) is 0 Å². The predicted octanol–water partition coefficient (Wildman–Crippen LogP) is 1.57. The molecule has 0 saturated heterocycles. The van der Waals surface area contributed by atoms with Crippen LogP contribution < -0.4 is 0 Å². The Labute approximate surface area is 61.6 Å². The van der Waals surface area contributed by atoms with Crippen molar-refractivity contribution in [3.8, 4) is 0 Å². The van der Waals surface area contributed by atoms with E-state index in [2.05, 4.69) is 0 Å². The summed E-state index contributed by atoms with van der Waals surface area (Å²) in [7, 11) is -0.610. The van der Waals surface area contributed by atoms with Crippen LogP contribution in [0.15, 0.2) is 23.8 Å². The van der Waals surface area contributed by atoms with Crippen molar-refractivity contribution >= 4 is 13.2 Å². The minimum absolute atomic E-state index is 0. The van der Waals surface area contributed by atoms with Crippen LogP contribution in [0.25, 0.3) is 0 Å².